The number of nitrogens with two attached hydrogens (primary N) is 1. The van der Waals surface area contributed by atoms with Crippen LogP contribution in [0.1, 0.15) is 33.6 Å². The van der Waals surface area contributed by atoms with Gasteiger partial charge < -0.3 is 15.6 Å². The lowest BCUT2D eigenvalue weighted by Crippen LogP contribution is -2.17. The van der Waals surface area contributed by atoms with Crippen LogP contribution in [0.15, 0.2) is 17.0 Å². The zero-order valence-electron chi connectivity index (χ0n) is 13.6. The van der Waals surface area contributed by atoms with Crippen LogP contribution in [0.2, 0.25) is 0 Å². The number of fused-ring (bicyclic) bond motifs is 1. The molecule has 3 aromatic heterocycles. The molecule has 0 aliphatic rings. The summed E-state index contributed by atoms with van der Waals surface area (Å²) in [6.45, 7) is 7.10. The summed E-state index contributed by atoms with van der Waals surface area (Å²) in [4.78, 5) is 8.92. The molecule has 8 heteroatoms. The van der Waals surface area contributed by atoms with Crippen LogP contribution in [0.3, 0.4) is 0 Å². The van der Waals surface area contributed by atoms with Crippen molar-refractivity contribution in [3.8, 4) is 11.5 Å². The third-order valence-electron chi connectivity index (χ3n) is 4.04. The fourth-order valence-electron chi connectivity index (χ4n) is 2.75. The van der Waals surface area contributed by atoms with Crippen LogP contribution in [-0.2, 0) is 6.54 Å². The van der Waals surface area contributed by atoms with Gasteiger partial charge in [0, 0.05) is 12.6 Å². The second-order valence-corrected chi connectivity index (χ2v) is 5.39. The lowest BCUT2D eigenvalue weighted by Gasteiger charge is -2.17. The standard InChI is InChI=1S/C15H21N7O/c1-4-9(5-2)18-10-7-17-8-11-13(10)22(6-3)15(19-11)12-14(16)21-23-20-12/h7-9,18H,4-6H2,1-3H3,(H2,16,21). The highest BCUT2D eigenvalue weighted by atomic mass is 16.6. The van der Waals surface area contributed by atoms with E-state index in [1.165, 1.54) is 0 Å². The van der Waals surface area contributed by atoms with Crippen LogP contribution in [0.5, 0.6) is 0 Å². The minimum Gasteiger partial charge on any atom is -0.379 e. The first kappa shape index (κ1) is 15.3. The minimum atomic E-state index is 0.234. The smallest absolute Gasteiger partial charge is 0.199 e. The van der Waals surface area contributed by atoms with Gasteiger partial charge in [-0.25, -0.2) is 9.61 Å². The Balaban J connectivity index is 2.17. The Labute approximate surface area is 134 Å². The molecule has 3 aromatic rings. The summed E-state index contributed by atoms with van der Waals surface area (Å²) in [7, 11) is 0. The maximum atomic E-state index is 5.83. The number of rotatable bonds is 6. The highest BCUT2D eigenvalue weighted by Crippen LogP contribution is 2.30. The Bertz CT molecular complexity index is 803. The highest BCUT2D eigenvalue weighted by molar-refractivity contribution is 5.91. The molecule has 0 saturated heterocycles. The van der Waals surface area contributed by atoms with Crippen molar-refractivity contribution in [1.29, 1.82) is 0 Å². The van der Waals surface area contributed by atoms with Gasteiger partial charge in [0.15, 0.2) is 17.3 Å². The van der Waals surface area contributed by atoms with E-state index in [2.05, 4.69) is 50.9 Å². The van der Waals surface area contributed by atoms with E-state index in [0.29, 0.717) is 17.6 Å². The fraction of sp³-hybridized carbons (Fsp3) is 0.467. The van der Waals surface area contributed by atoms with Gasteiger partial charge in [0.1, 0.15) is 5.52 Å². The molecule has 0 amide bonds. The summed E-state index contributed by atoms with van der Waals surface area (Å²) in [5.41, 5.74) is 9.03. The van der Waals surface area contributed by atoms with E-state index < -0.39 is 0 Å². The lowest BCUT2D eigenvalue weighted by molar-refractivity contribution is 0.310. The van der Waals surface area contributed by atoms with Gasteiger partial charge in [0.05, 0.1) is 23.6 Å². The minimum absolute atomic E-state index is 0.234. The highest BCUT2D eigenvalue weighted by Gasteiger charge is 2.20. The number of aryl methyl sites for hydroxylation is 1. The number of aromatic nitrogens is 5. The van der Waals surface area contributed by atoms with Crippen molar-refractivity contribution in [2.75, 3.05) is 11.1 Å². The Hall–Kier alpha value is -2.64. The molecule has 0 radical (unpaired) electrons. The van der Waals surface area contributed by atoms with Crippen molar-refractivity contribution in [3.63, 3.8) is 0 Å². The van der Waals surface area contributed by atoms with E-state index in [4.69, 9.17) is 10.4 Å². The molecule has 0 aliphatic heterocycles. The Morgan fingerprint density at radius 2 is 2.00 bits per heavy atom. The molecule has 8 nitrogen and oxygen atoms in total. The largest absolute Gasteiger partial charge is 0.379 e. The first-order chi connectivity index (χ1) is 11.2. The summed E-state index contributed by atoms with van der Waals surface area (Å²) < 4.78 is 6.77. The van der Waals surface area contributed by atoms with Crippen molar-refractivity contribution >= 4 is 22.5 Å². The second kappa shape index (κ2) is 6.23. The van der Waals surface area contributed by atoms with Gasteiger partial charge >= 0.3 is 0 Å². The van der Waals surface area contributed by atoms with Crippen LogP contribution < -0.4 is 11.1 Å². The number of nitrogens with one attached hydrogen (secondary N) is 1. The van der Waals surface area contributed by atoms with Crippen LogP contribution in [-0.4, -0.2) is 30.9 Å². The summed E-state index contributed by atoms with van der Waals surface area (Å²) in [6.07, 6.45) is 5.66. The molecule has 0 aliphatic carbocycles. The maximum Gasteiger partial charge on any atom is 0.199 e. The number of nitrogens with zero attached hydrogens (tertiary/aromatic N) is 5. The van der Waals surface area contributed by atoms with E-state index in [-0.39, 0.29) is 5.82 Å². The SMILES string of the molecule is CCC(CC)Nc1cncc2nc(-c3nonc3N)n(CC)c12. The molecule has 0 atom stereocenters. The van der Waals surface area contributed by atoms with Crippen molar-refractivity contribution in [2.45, 2.75) is 46.2 Å². The number of hydrogen-bond acceptors (Lipinski definition) is 7. The molecular formula is C15H21N7O. The summed E-state index contributed by atoms with van der Waals surface area (Å²) in [5.74, 6) is 0.874. The van der Waals surface area contributed by atoms with Crippen molar-refractivity contribution in [2.24, 2.45) is 0 Å². The van der Waals surface area contributed by atoms with Crippen molar-refractivity contribution in [1.82, 2.24) is 24.8 Å². The molecule has 23 heavy (non-hydrogen) atoms. The van der Waals surface area contributed by atoms with Crippen LogP contribution in [0.4, 0.5) is 11.5 Å². The van der Waals surface area contributed by atoms with Crippen LogP contribution in [0.25, 0.3) is 22.6 Å². The first-order valence-corrected chi connectivity index (χ1v) is 7.88. The van der Waals surface area contributed by atoms with Crippen molar-refractivity contribution in [3.05, 3.63) is 12.4 Å². The maximum absolute atomic E-state index is 5.83. The van der Waals surface area contributed by atoms with Gasteiger partial charge in [-0.15, -0.1) is 0 Å². The molecule has 0 unspecified atom stereocenters. The Morgan fingerprint density at radius 3 is 2.61 bits per heavy atom. The molecule has 0 aromatic carbocycles. The number of nitrogen functional groups attached to an aromatic ring is 1. The van der Waals surface area contributed by atoms with Crippen molar-refractivity contribution < 1.29 is 4.63 Å². The van der Waals surface area contributed by atoms with Gasteiger partial charge in [0.2, 0.25) is 0 Å². The number of hydrogen-bond donors (Lipinski definition) is 2. The topological polar surface area (TPSA) is 108 Å². The van der Waals surface area contributed by atoms with E-state index in [1.54, 1.807) is 6.20 Å². The molecule has 0 fully saturated rings. The second-order valence-electron chi connectivity index (χ2n) is 5.39. The van der Waals surface area contributed by atoms with Gasteiger partial charge in [-0.1, -0.05) is 13.8 Å². The van der Waals surface area contributed by atoms with Gasteiger partial charge in [-0.2, -0.15) is 0 Å². The van der Waals surface area contributed by atoms with Gasteiger partial charge in [0.25, 0.3) is 0 Å². The van der Waals surface area contributed by atoms with Gasteiger partial charge in [-0.3, -0.25) is 4.98 Å². The van der Waals surface area contributed by atoms with Crippen LogP contribution >= 0.6 is 0 Å². The third kappa shape index (κ3) is 2.60. The van der Waals surface area contributed by atoms with E-state index in [9.17, 15) is 0 Å². The van der Waals surface area contributed by atoms with Crippen LogP contribution in [0, 0.1) is 0 Å². The molecule has 3 N–H and O–H groups in total. The summed E-state index contributed by atoms with van der Waals surface area (Å²) >= 11 is 0. The molecule has 0 bridgehead atoms. The summed E-state index contributed by atoms with van der Waals surface area (Å²) in [5, 5.41) is 11.1. The average Bonchev–Trinajstić information content (AvgIpc) is 3.15. The molecule has 3 heterocycles. The number of pyridine rings is 1. The summed E-state index contributed by atoms with van der Waals surface area (Å²) in [6, 6.07) is 0.393. The fourth-order valence-corrected chi connectivity index (χ4v) is 2.75. The molecule has 122 valence electrons. The third-order valence-corrected chi connectivity index (χ3v) is 4.04. The van der Waals surface area contributed by atoms with Gasteiger partial charge in [-0.05, 0) is 30.1 Å². The predicted molar refractivity (Wildman–Crippen MR) is 88.9 cm³/mol. The quantitative estimate of drug-likeness (QED) is 0.720. The van der Waals surface area contributed by atoms with E-state index in [0.717, 1.165) is 36.1 Å². The first-order valence-electron chi connectivity index (χ1n) is 7.88. The Kier molecular flexibility index (Phi) is 4.14. The van der Waals surface area contributed by atoms with E-state index in [1.807, 2.05) is 6.20 Å². The van der Waals surface area contributed by atoms with E-state index >= 15 is 0 Å². The predicted octanol–water partition coefficient (Wildman–Crippen LogP) is 2.68. The molecule has 0 saturated carbocycles. The average molecular weight is 315 g/mol. The normalized spacial score (nSPS) is 11.5. The number of anilines is 2. The zero-order chi connectivity index (χ0) is 16.4. The zero-order valence-corrected chi connectivity index (χ0v) is 13.6. The Morgan fingerprint density at radius 1 is 1.22 bits per heavy atom. The molecular weight excluding hydrogens is 294 g/mol. The lowest BCUT2D eigenvalue weighted by atomic mass is 10.1. The number of imidazole rings is 1. The molecule has 3 rings (SSSR count). The monoisotopic (exact) mass is 315 g/mol. The molecule has 0 spiro atoms.